The molecule has 1 saturated heterocycles. The number of halogens is 1. The van der Waals surface area contributed by atoms with Crippen molar-refractivity contribution in [1.29, 1.82) is 0 Å². The number of likely N-dealkylation sites (tertiary alicyclic amines) is 1. The van der Waals surface area contributed by atoms with Crippen molar-refractivity contribution in [2.24, 2.45) is 11.7 Å². The van der Waals surface area contributed by atoms with Crippen molar-refractivity contribution in [1.82, 2.24) is 4.90 Å². The summed E-state index contributed by atoms with van der Waals surface area (Å²) < 4.78 is 10.3. The third-order valence-corrected chi connectivity index (χ3v) is 4.32. The zero-order valence-corrected chi connectivity index (χ0v) is 15.4. The number of amides is 1. The Morgan fingerprint density at radius 2 is 1.84 bits per heavy atom. The number of nitrogens with zero attached hydrogens (tertiary/aromatic N) is 1. The number of carbonyl (C=O) groups excluding carboxylic acids is 2. The highest BCUT2D eigenvalue weighted by molar-refractivity contribution is 5.85. The molecule has 0 aliphatic carbocycles. The van der Waals surface area contributed by atoms with Gasteiger partial charge in [-0.25, -0.2) is 4.79 Å². The molecule has 0 spiro atoms. The summed E-state index contributed by atoms with van der Waals surface area (Å²) in [7, 11) is 0. The number of carbonyl (C=O) groups is 2. The second-order valence-electron chi connectivity index (χ2n) is 6.04. The monoisotopic (exact) mass is 370 g/mol. The molecular weight excluding hydrogens is 344 g/mol. The molecule has 1 aromatic carbocycles. The Hall–Kier alpha value is -1.79. The highest BCUT2D eigenvalue weighted by Crippen LogP contribution is 2.22. The molecule has 1 heterocycles. The minimum Gasteiger partial charge on any atom is -0.466 e. The Kier molecular flexibility index (Phi) is 9.31. The maximum atomic E-state index is 12.1. The van der Waals surface area contributed by atoms with Crippen LogP contribution in [0.25, 0.3) is 0 Å². The lowest BCUT2D eigenvalue weighted by molar-refractivity contribution is -0.143. The predicted octanol–water partition coefficient (Wildman–Crippen LogP) is 2.74. The maximum absolute atomic E-state index is 12.1. The molecule has 0 bridgehead atoms. The molecule has 2 N–H and O–H groups in total. The van der Waals surface area contributed by atoms with Crippen LogP contribution in [0, 0.1) is 5.92 Å². The van der Waals surface area contributed by atoms with Crippen LogP contribution in [0.2, 0.25) is 0 Å². The SMILES string of the molecule is CCOC(=O)CC(N)C1CCN(C(=O)OCc2ccccc2)CC1.Cl. The molecular formula is C18H27ClN2O4. The van der Waals surface area contributed by atoms with Gasteiger partial charge in [0.15, 0.2) is 0 Å². The fourth-order valence-electron chi connectivity index (χ4n) is 2.90. The number of benzene rings is 1. The summed E-state index contributed by atoms with van der Waals surface area (Å²) in [5, 5.41) is 0. The molecule has 140 valence electrons. The molecule has 1 amide bonds. The Balaban J connectivity index is 0.00000312. The number of nitrogens with two attached hydrogens (primary N) is 1. The second kappa shape index (κ2) is 10.9. The fourth-order valence-corrected chi connectivity index (χ4v) is 2.90. The van der Waals surface area contributed by atoms with E-state index in [9.17, 15) is 9.59 Å². The number of hydrogen-bond donors (Lipinski definition) is 1. The highest BCUT2D eigenvalue weighted by Gasteiger charge is 2.28. The third kappa shape index (κ3) is 6.92. The van der Waals surface area contributed by atoms with Gasteiger partial charge < -0.3 is 20.1 Å². The molecule has 1 aromatic rings. The molecule has 7 heteroatoms. The first-order chi connectivity index (χ1) is 11.6. The van der Waals surface area contributed by atoms with E-state index in [-0.39, 0.29) is 49.5 Å². The van der Waals surface area contributed by atoms with Crippen LogP contribution in [-0.2, 0) is 20.9 Å². The van der Waals surface area contributed by atoms with E-state index >= 15 is 0 Å². The van der Waals surface area contributed by atoms with Crippen LogP contribution in [0.15, 0.2) is 30.3 Å². The number of piperidine rings is 1. The second-order valence-corrected chi connectivity index (χ2v) is 6.04. The molecule has 0 aromatic heterocycles. The van der Waals surface area contributed by atoms with Crippen molar-refractivity contribution in [3.8, 4) is 0 Å². The fraction of sp³-hybridized carbons (Fsp3) is 0.556. The lowest BCUT2D eigenvalue weighted by Crippen LogP contribution is -2.44. The summed E-state index contributed by atoms with van der Waals surface area (Å²) >= 11 is 0. The first-order valence-electron chi connectivity index (χ1n) is 8.47. The van der Waals surface area contributed by atoms with E-state index < -0.39 is 0 Å². The minimum absolute atomic E-state index is 0. The number of hydrogen-bond acceptors (Lipinski definition) is 5. The standard InChI is InChI=1S/C18H26N2O4.ClH/c1-2-23-17(21)12-16(19)15-8-10-20(11-9-15)18(22)24-13-14-6-4-3-5-7-14;/h3-7,15-16H,2,8-13,19H2,1H3;1H. The van der Waals surface area contributed by atoms with E-state index in [1.165, 1.54) is 0 Å². The van der Waals surface area contributed by atoms with Crippen molar-refractivity contribution in [3.05, 3.63) is 35.9 Å². The van der Waals surface area contributed by atoms with Gasteiger partial charge >= 0.3 is 12.1 Å². The summed E-state index contributed by atoms with van der Waals surface area (Å²) in [6, 6.07) is 9.39. The van der Waals surface area contributed by atoms with Crippen LogP contribution in [-0.4, -0.2) is 42.7 Å². The largest absolute Gasteiger partial charge is 0.466 e. The van der Waals surface area contributed by atoms with Gasteiger partial charge in [0.05, 0.1) is 13.0 Å². The van der Waals surface area contributed by atoms with Crippen LogP contribution in [0.5, 0.6) is 0 Å². The summed E-state index contributed by atoms with van der Waals surface area (Å²) in [4.78, 5) is 25.3. The molecule has 2 rings (SSSR count). The first-order valence-corrected chi connectivity index (χ1v) is 8.47. The highest BCUT2D eigenvalue weighted by atomic mass is 35.5. The zero-order valence-electron chi connectivity index (χ0n) is 14.6. The topological polar surface area (TPSA) is 81.9 Å². The van der Waals surface area contributed by atoms with Gasteiger partial charge in [-0.3, -0.25) is 4.79 Å². The van der Waals surface area contributed by atoms with Gasteiger partial charge in [-0.05, 0) is 31.2 Å². The summed E-state index contributed by atoms with van der Waals surface area (Å²) in [6.07, 6.45) is 1.50. The molecule has 25 heavy (non-hydrogen) atoms. The van der Waals surface area contributed by atoms with E-state index in [1.54, 1.807) is 11.8 Å². The minimum atomic E-state index is -0.295. The zero-order chi connectivity index (χ0) is 17.4. The first kappa shape index (κ1) is 21.3. The van der Waals surface area contributed by atoms with Gasteiger partial charge in [-0.15, -0.1) is 12.4 Å². The Morgan fingerprint density at radius 3 is 2.44 bits per heavy atom. The summed E-state index contributed by atoms with van der Waals surface area (Å²) in [6.45, 7) is 3.64. The van der Waals surface area contributed by atoms with Gasteiger partial charge in [-0.2, -0.15) is 0 Å². The van der Waals surface area contributed by atoms with Crippen LogP contribution < -0.4 is 5.73 Å². The molecule has 1 fully saturated rings. The molecule has 0 radical (unpaired) electrons. The van der Waals surface area contributed by atoms with Crippen molar-refractivity contribution in [3.63, 3.8) is 0 Å². The van der Waals surface area contributed by atoms with E-state index in [2.05, 4.69) is 0 Å². The molecule has 0 saturated carbocycles. The van der Waals surface area contributed by atoms with Crippen LogP contribution in [0.3, 0.4) is 0 Å². The summed E-state index contributed by atoms with van der Waals surface area (Å²) in [5.41, 5.74) is 7.07. The average molecular weight is 371 g/mol. The Morgan fingerprint density at radius 1 is 1.20 bits per heavy atom. The molecule has 1 aliphatic heterocycles. The molecule has 1 aliphatic rings. The van der Waals surface area contributed by atoms with Crippen LogP contribution in [0.1, 0.15) is 31.7 Å². The average Bonchev–Trinajstić information content (AvgIpc) is 2.61. The lowest BCUT2D eigenvalue weighted by atomic mass is 9.88. The van der Waals surface area contributed by atoms with Crippen molar-refractivity contribution in [2.75, 3.05) is 19.7 Å². The predicted molar refractivity (Wildman–Crippen MR) is 97.4 cm³/mol. The molecule has 1 atom stereocenters. The normalized spacial score (nSPS) is 15.8. The number of ether oxygens (including phenoxy) is 2. The quantitative estimate of drug-likeness (QED) is 0.778. The van der Waals surface area contributed by atoms with Crippen molar-refractivity contribution in [2.45, 2.75) is 38.8 Å². The Labute approximate surface area is 155 Å². The maximum Gasteiger partial charge on any atom is 0.410 e. The van der Waals surface area contributed by atoms with Crippen LogP contribution >= 0.6 is 12.4 Å². The van der Waals surface area contributed by atoms with Gasteiger partial charge in [0.25, 0.3) is 0 Å². The summed E-state index contributed by atoms with van der Waals surface area (Å²) in [5.74, 6) is -0.0257. The number of esters is 1. The van der Waals surface area contributed by atoms with Gasteiger partial charge in [0, 0.05) is 19.1 Å². The smallest absolute Gasteiger partial charge is 0.410 e. The van der Waals surface area contributed by atoms with E-state index in [0.29, 0.717) is 19.7 Å². The lowest BCUT2D eigenvalue weighted by Gasteiger charge is -2.33. The van der Waals surface area contributed by atoms with E-state index in [4.69, 9.17) is 15.2 Å². The third-order valence-electron chi connectivity index (χ3n) is 4.32. The number of rotatable bonds is 6. The van der Waals surface area contributed by atoms with Gasteiger partial charge in [-0.1, -0.05) is 30.3 Å². The van der Waals surface area contributed by atoms with Gasteiger partial charge in [0.2, 0.25) is 0 Å². The molecule has 1 unspecified atom stereocenters. The Bertz CT molecular complexity index is 533. The van der Waals surface area contributed by atoms with Crippen molar-refractivity contribution >= 4 is 24.5 Å². The van der Waals surface area contributed by atoms with Gasteiger partial charge in [0.1, 0.15) is 6.61 Å². The molecule has 6 nitrogen and oxygen atoms in total. The van der Waals surface area contributed by atoms with Crippen molar-refractivity contribution < 1.29 is 19.1 Å². The van der Waals surface area contributed by atoms with E-state index in [0.717, 1.165) is 18.4 Å². The van der Waals surface area contributed by atoms with E-state index in [1.807, 2.05) is 30.3 Å². The van der Waals surface area contributed by atoms with Crippen LogP contribution in [0.4, 0.5) is 4.79 Å².